The topological polar surface area (TPSA) is 61.3 Å². The Morgan fingerprint density at radius 1 is 1.29 bits per heavy atom. The molecule has 1 heterocycles. The Hall–Kier alpha value is -1.68. The van der Waals surface area contributed by atoms with Gasteiger partial charge in [0.1, 0.15) is 5.75 Å². The quantitative estimate of drug-likeness (QED) is 0.892. The Bertz CT molecular complexity index is 564. The fourth-order valence-electron chi connectivity index (χ4n) is 1.89. The molecule has 0 unspecified atom stereocenters. The normalized spacial score (nSPS) is 10.6. The highest BCUT2D eigenvalue weighted by Gasteiger charge is 2.16. The highest BCUT2D eigenvalue weighted by molar-refractivity contribution is 6.32. The van der Waals surface area contributed by atoms with E-state index in [2.05, 4.69) is 5.16 Å². The molecule has 0 aliphatic carbocycles. The number of hydrogen-bond donors (Lipinski definition) is 1. The van der Waals surface area contributed by atoms with Gasteiger partial charge in [0, 0.05) is 10.6 Å². The van der Waals surface area contributed by atoms with Crippen molar-refractivity contribution in [1.82, 2.24) is 5.16 Å². The molecule has 90 valence electrons. The van der Waals surface area contributed by atoms with Crippen LogP contribution in [-0.2, 0) is 0 Å². The van der Waals surface area contributed by atoms with Gasteiger partial charge in [-0.1, -0.05) is 16.8 Å². The number of hydrogen-bond acceptors (Lipinski definition) is 4. The molecule has 0 radical (unpaired) electrons. The van der Waals surface area contributed by atoms with Gasteiger partial charge in [0.15, 0.2) is 0 Å². The third-order valence-electron chi connectivity index (χ3n) is 2.81. The Balaban J connectivity index is 2.72. The third-order valence-corrected chi connectivity index (χ3v) is 3.20. The number of nitrogens with zero attached hydrogens (tertiary/aromatic N) is 1. The fourth-order valence-corrected chi connectivity index (χ4v) is 2.09. The highest BCUT2D eigenvalue weighted by Crippen LogP contribution is 2.38. The number of ether oxygens (including phenoxy) is 1. The lowest BCUT2D eigenvalue weighted by atomic mass is 9.99. The van der Waals surface area contributed by atoms with Gasteiger partial charge in [-0.2, -0.15) is 0 Å². The Morgan fingerprint density at radius 2 is 2.00 bits per heavy atom. The van der Waals surface area contributed by atoms with Crippen LogP contribution in [0.3, 0.4) is 0 Å². The maximum atomic E-state index is 6.17. The molecule has 0 atom stereocenters. The zero-order chi connectivity index (χ0) is 12.6. The van der Waals surface area contributed by atoms with Gasteiger partial charge in [-0.3, -0.25) is 0 Å². The minimum atomic E-state index is 0.273. The van der Waals surface area contributed by atoms with Crippen LogP contribution in [0.2, 0.25) is 5.02 Å². The Morgan fingerprint density at radius 3 is 2.53 bits per heavy atom. The second-order valence-electron chi connectivity index (χ2n) is 3.79. The van der Waals surface area contributed by atoms with E-state index in [0.29, 0.717) is 5.02 Å². The molecule has 1 aromatic heterocycles. The first kappa shape index (κ1) is 11.8. The first-order valence-electron chi connectivity index (χ1n) is 5.10. The number of aromatic nitrogens is 1. The summed E-state index contributed by atoms with van der Waals surface area (Å²) in [5, 5.41) is 4.29. The Labute approximate surface area is 104 Å². The van der Waals surface area contributed by atoms with Gasteiger partial charge in [0.2, 0.25) is 5.88 Å². The van der Waals surface area contributed by atoms with Gasteiger partial charge in [-0.25, -0.2) is 0 Å². The molecule has 17 heavy (non-hydrogen) atoms. The predicted octanol–water partition coefficient (Wildman–Crippen LogP) is 3.20. The van der Waals surface area contributed by atoms with Crippen LogP contribution in [0.1, 0.15) is 11.1 Å². The van der Waals surface area contributed by atoms with Crippen LogP contribution in [0.15, 0.2) is 16.8 Å². The lowest BCUT2D eigenvalue weighted by Gasteiger charge is -2.14. The number of methoxy groups -OCH3 is 1. The molecule has 5 heteroatoms. The molecule has 2 aromatic rings. The van der Waals surface area contributed by atoms with Gasteiger partial charge in [-0.05, 0) is 31.0 Å². The van der Waals surface area contributed by atoms with E-state index in [9.17, 15) is 0 Å². The molecule has 0 aliphatic heterocycles. The van der Waals surface area contributed by atoms with Crippen molar-refractivity contribution in [3.05, 3.63) is 28.4 Å². The maximum absolute atomic E-state index is 6.17. The molecule has 0 aliphatic rings. The van der Waals surface area contributed by atoms with Crippen LogP contribution in [0.25, 0.3) is 11.1 Å². The highest BCUT2D eigenvalue weighted by atomic mass is 35.5. The van der Waals surface area contributed by atoms with Crippen molar-refractivity contribution >= 4 is 17.5 Å². The van der Waals surface area contributed by atoms with E-state index in [1.807, 2.05) is 19.9 Å². The number of rotatable bonds is 2. The SMILES string of the molecule is COc1c(C)c(Cl)cc(-c2cnoc2N)c1C. The lowest BCUT2D eigenvalue weighted by molar-refractivity contribution is 0.409. The van der Waals surface area contributed by atoms with Crippen molar-refractivity contribution in [2.75, 3.05) is 12.8 Å². The molecule has 0 amide bonds. The van der Waals surface area contributed by atoms with Gasteiger partial charge in [0.25, 0.3) is 0 Å². The molecule has 0 fully saturated rings. The summed E-state index contributed by atoms with van der Waals surface area (Å²) in [7, 11) is 1.62. The van der Waals surface area contributed by atoms with Crippen LogP contribution in [-0.4, -0.2) is 12.3 Å². The molecule has 0 saturated heterocycles. The minimum absolute atomic E-state index is 0.273. The van der Waals surface area contributed by atoms with E-state index in [4.69, 9.17) is 26.6 Å². The first-order valence-corrected chi connectivity index (χ1v) is 5.48. The summed E-state index contributed by atoms with van der Waals surface area (Å²) in [6.45, 7) is 3.86. The zero-order valence-corrected chi connectivity index (χ0v) is 10.6. The van der Waals surface area contributed by atoms with Crippen LogP contribution in [0.4, 0.5) is 5.88 Å². The van der Waals surface area contributed by atoms with Crippen LogP contribution >= 0.6 is 11.6 Å². The van der Waals surface area contributed by atoms with E-state index in [1.165, 1.54) is 0 Å². The van der Waals surface area contributed by atoms with Gasteiger partial charge < -0.3 is 15.0 Å². The summed E-state index contributed by atoms with van der Waals surface area (Å²) >= 11 is 6.17. The fraction of sp³-hybridized carbons (Fsp3) is 0.250. The molecule has 2 N–H and O–H groups in total. The van der Waals surface area contributed by atoms with Crippen molar-refractivity contribution in [2.24, 2.45) is 0 Å². The second kappa shape index (κ2) is 4.30. The molecule has 0 bridgehead atoms. The molecular weight excluding hydrogens is 240 g/mol. The van der Waals surface area contributed by atoms with Gasteiger partial charge in [0.05, 0.1) is 18.9 Å². The van der Waals surface area contributed by atoms with Crippen molar-refractivity contribution in [1.29, 1.82) is 0 Å². The number of anilines is 1. The summed E-state index contributed by atoms with van der Waals surface area (Å²) in [5.74, 6) is 1.03. The summed E-state index contributed by atoms with van der Waals surface area (Å²) in [4.78, 5) is 0. The van der Waals surface area contributed by atoms with Crippen molar-refractivity contribution in [3.63, 3.8) is 0 Å². The summed E-state index contributed by atoms with van der Waals surface area (Å²) in [6.07, 6.45) is 1.57. The third kappa shape index (κ3) is 1.85. The molecule has 1 aromatic carbocycles. The van der Waals surface area contributed by atoms with Crippen LogP contribution in [0.5, 0.6) is 5.75 Å². The molecule has 0 saturated carbocycles. The molecule has 0 spiro atoms. The van der Waals surface area contributed by atoms with E-state index >= 15 is 0 Å². The number of halogens is 1. The van der Waals surface area contributed by atoms with E-state index in [0.717, 1.165) is 28.0 Å². The van der Waals surface area contributed by atoms with E-state index in [1.54, 1.807) is 13.3 Å². The lowest BCUT2D eigenvalue weighted by Crippen LogP contribution is -1.95. The molecule has 4 nitrogen and oxygen atoms in total. The Kier molecular flexibility index (Phi) is 2.98. The van der Waals surface area contributed by atoms with Crippen molar-refractivity contribution < 1.29 is 9.26 Å². The van der Waals surface area contributed by atoms with E-state index < -0.39 is 0 Å². The minimum Gasteiger partial charge on any atom is -0.496 e. The maximum Gasteiger partial charge on any atom is 0.229 e. The largest absolute Gasteiger partial charge is 0.496 e. The number of nitrogen functional groups attached to an aromatic ring is 1. The number of benzene rings is 1. The summed E-state index contributed by atoms with van der Waals surface area (Å²) in [5.41, 5.74) is 9.17. The van der Waals surface area contributed by atoms with Crippen LogP contribution < -0.4 is 10.5 Å². The monoisotopic (exact) mass is 252 g/mol. The first-order chi connectivity index (χ1) is 8.06. The van der Waals surface area contributed by atoms with Gasteiger partial charge in [-0.15, -0.1) is 0 Å². The standard InChI is InChI=1S/C12H13ClN2O2/c1-6-8(9-5-15-17-12(9)14)4-10(13)7(2)11(6)16-3/h4-5H,14H2,1-3H3. The molecular formula is C12H13ClN2O2. The molecule has 2 rings (SSSR count). The smallest absolute Gasteiger partial charge is 0.229 e. The number of nitrogens with two attached hydrogens (primary N) is 1. The summed E-state index contributed by atoms with van der Waals surface area (Å²) < 4.78 is 10.2. The predicted molar refractivity (Wildman–Crippen MR) is 67.4 cm³/mol. The zero-order valence-electron chi connectivity index (χ0n) is 9.87. The average Bonchev–Trinajstić information content (AvgIpc) is 2.71. The second-order valence-corrected chi connectivity index (χ2v) is 4.20. The summed E-state index contributed by atoms with van der Waals surface area (Å²) in [6, 6.07) is 1.84. The van der Waals surface area contributed by atoms with Crippen molar-refractivity contribution in [2.45, 2.75) is 13.8 Å². The average molecular weight is 253 g/mol. The van der Waals surface area contributed by atoms with Crippen LogP contribution in [0, 0.1) is 13.8 Å². The van der Waals surface area contributed by atoms with Crippen molar-refractivity contribution in [3.8, 4) is 16.9 Å². The van der Waals surface area contributed by atoms with E-state index in [-0.39, 0.29) is 5.88 Å². The van der Waals surface area contributed by atoms with Gasteiger partial charge >= 0.3 is 0 Å².